The minimum absolute atomic E-state index is 0.0781. The predicted octanol–water partition coefficient (Wildman–Crippen LogP) is 5.59. The van der Waals surface area contributed by atoms with E-state index in [0.29, 0.717) is 12.1 Å². The Morgan fingerprint density at radius 3 is 2.10 bits per heavy atom. The highest BCUT2D eigenvalue weighted by Gasteiger charge is 2.34. The van der Waals surface area contributed by atoms with Crippen LogP contribution in [0.15, 0.2) is 119 Å². The molecule has 0 spiro atoms. The number of carbonyl (C=O) groups is 2. The Morgan fingerprint density at radius 1 is 0.833 bits per heavy atom. The third-order valence-electron chi connectivity index (χ3n) is 7.01. The summed E-state index contributed by atoms with van der Waals surface area (Å²) in [6.45, 7) is 1.57. The molecular weight excluding hydrogens is 614 g/mol. The van der Waals surface area contributed by atoms with Gasteiger partial charge in [-0.25, -0.2) is 8.42 Å². The van der Waals surface area contributed by atoms with Gasteiger partial charge in [-0.05, 0) is 53.4 Å². The summed E-state index contributed by atoms with van der Waals surface area (Å²) in [4.78, 5) is 29.3. The number of nitrogens with zero attached hydrogens (tertiary/aromatic N) is 2. The van der Waals surface area contributed by atoms with Gasteiger partial charge >= 0.3 is 0 Å². The van der Waals surface area contributed by atoms with E-state index in [1.54, 1.807) is 30.3 Å². The van der Waals surface area contributed by atoms with Crippen molar-refractivity contribution in [2.24, 2.45) is 0 Å². The topological polar surface area (TPSA) is 86.8 Å². The van der Waals surface area contributed by atoms with E-state index in [2.05, 4.69) is 21.2 Å². The van der Waals surface area contributed by atoms with Crippen molar-refractivity contribution in [1.29, 1.82) is 0 Å². The van der Waals surface area contributed by atoms with Crippen LogP contribution in [-0.4, -0.2) is 44.8 Å². The van der Waals surface area contributed by atoms with Crippen LogP contribution in [0.1, 0.15) is 23.6 Å². The van der Waals surface area contributed by atoms with Gasteiger partial charge in [0.05, 0.1) is 10.6 Å². The number of carbonyl (C=O) groups excluding carboxylic acids is 2. The van der Waals surface area contributed by atoms with Crippen molar-refractivity contribution in [2.75, 3.05) is 17.9 Å². The zero-order valence-electron chi connectivity index (χ0n) is 23.6. The third kappa shape index (κ3) is 7.46. The van der Waals surface area contributed by atoms with Crippen LogP contribution >= 0.6 is 15.9 Å². The van der Waals surface area contributed by atoms with Crippen molar-refractivity contribution < 1.29 is 18.0 Å². The van der Waals surface area contributed by atoms with Crippen LogP contribution in [0.3, 0.4) is 0 Å². The summed E-state index contributed by atoms with van der Waals surface area (Å²) in [5.74, 6) is -0.835. The number of sulfonamides is 1. The summed E-state index contributed by atoms with van der Waals surface area (Å²) in [7, 11) is -2.59. The van der Waals surface area contributed by atoms with Crippen LogP contribution in [0.25, 0.3) is 0 Å². The Labute approximate surface area is 256 Å². The van der Waals surface area contributed by atoms with Gasteiger partial charge in [0.2, 0.25) is 11.8 Å². The van der Waals surface area contributed by atoms with Crippen LogP contribution in [0.2, 0.25) is 0 Å². The molecule has 0 aromatic heterocycles. The summed E-state index contributed by atoms with van der Waals surface area (Å²) in [6.07, 6.45) is 0.832. The zero-order valence-corrected chi connectivity index (χ0v) is 26.0. The monoisotopic (exact) mass is 647 g/mol. The highest BCUT2D eigenvalue weighted by Crippen LogP contribution is 2.28. The number of amides is 2. The SMILES string of the molecule is CCc1ccccc1N(CC(=O)N(Cc1cccc(Br)c1)[C@@H](Cc1ccccc1)C(=O)NC)S(=O)(=O)c1ccccc1. The molecule has 0 radical (unpaired) electrons. The Morgan fingerprint density at radius 2 is 1.45 bits per heavy atom. The van der Waals surface area contributed by atoms with E-state index in [1.807, 2.05) is 73.7 Å². The molecule has 0 unspecified atom stereocenters. The van der Waals surface area contributed by atoms with E-state index in [0.717, 1.165) is 21.2 Å². The quantitative estimate of drug-likeness (QED) is 0.217. The third-order valence-corrected chi connectivity index (χ3v) is 9.28. The number of anilines is 1. The number of hydrogen-bond acceptors (Lipinski definition) is 4. The fourth-order valence-electron chi connectivity index (χ4n) is 4.84. The van der Waals surface area contributed by atoms with E-state index in [1.165, 1.54) is 28.4 Å². The Kier molecular flexibility index (Phi) is 10.5. The number of benzene rings is 4. The average Bonchev–Trinajstić information content (AvgIpc) is 3.02. The van der Waals surface area contributed by atoms with Crippen molar-refractivity contribution >= 4 is 43.5 Å². The maximum absolute atomic E-state index is 14.4. The predicted molar refractivity (Wildman–Crippen MR) is 169 cm³/mol. The summed E-state index contributed by atoms with van der Waals surface area (Å²) in [5, 5.41) is 2.70. The number of aryl methyl sites for hydroxylation is 1. The Balaban J connectivity index is 1.81. The molecule has 2 amide bonds. The molecule has 0 aliphatic carbocycles. The van der Waals surface area contributed by atoms with E-state index in [9.17, 15) is 18.0 Å². The smallest absolute Gasteiger partial charge is 0.264 e. The lowest BCUT2D eigenvalue weighted by Crippen LogP contribution is -2.53. The van der Waals surface area contributed by atoms with Crippen LogP contribution < -0.4 is 9.62 Å². The second kappa shape index (κ2) is 14.3. The molecule has 0 bridgehead atoms. The molecule has 42 heavy (non-hydrogen) atoms. The second-order valence-electron chi connectivity index (χ2n) is 9.78. The molecule has 4 aromatic carbocycles. The first-order valence-corrected chi connectivity index (χ1v) is 15.9. The molecular formula is C33H34BrN3O4S. The minimum Gasteiger partial charge on any atom is -0.357 e. The number of likely N-dealkylation sites (N-methyl/N-ethyl adjacent to an activating group) is 1. The van der Waals surface area contributed by atoms with Gasteiger partial charge in [0.25, 0.3) is 10.0 Å². The first-order chi connectivity index (χ1) is 20.2. The largest absolute Gasteiger partial charge is 0.357 e. The molecule has 0 fully saturated rings. The van der Waals surface area contributed by atoms with Gasteiger partial charge in [0.15, 0.2) is 0 Å². The molecule has 0 saturated heterocycles. The van der Waals surface area contributed by atoms with Crippen LogP contribution in [-0.2, 0) is 39.0 Å². The van der Waals surface area contributed by atoms with Gasteiger partial charge in [-0.1, -0.05) is 102 Å². The van der Waals surface area contributed by atoms with Gasteiger partial charge in [-0.2, -0.15) is 0 Å². The van der Waals surface area contributed by atoms with Crippen molar-refractivity contribution in [2.45, 2.75) is 37.2 Å². The second-order valence-corrected chi connectivity index (χ2v) is 12.6. The first kappa shape index (κ1) is 31.0. The average molecular weight is 649 g/mol. The molecule has 1 N–H and O–H groups in total. The van der Waals surface area contributed by atoms with Gasteiger partial charge in [0, 0.05) is 24.5 Å². The fraction of sp³-hybridized carbons (Fsp3) is 0.212. The number of para-hydroxylation sites is 1. The minimum atomic E-state index is -4.13. The highest BCUT2D eigenvalue weighted by atomic mass is 79.9. The van der Waals surface area contributed by atoms with Crippen molar-refractivity contribution in [3.63, 3.8) is 0 Å². The first-order valence-electron chi connectivity index (χ1n) is 13.7. The van der Waals surface area contributed by atoms with Gasteiger partial charge in [0.1, 0.15) is 12.6 Å². The highest BCUT2D eigenvalue weighted by molar-refractivity contribution is 9.10. The number of hydrogen-bond donors (Lipinski definition) is 1. The molecule has 0 heterocycles. The standard InChI is InChI=1S/C33H34BrN3O4S/c1-3-27-16-10-11-20-30(27)37(42(40,41)29-18-8-5-9-19-29)24-32(38)36(23-26-15-12-17-28(34)21-26)31(33(39)35-2)22-25-13-6-4-7-14-25/h4-21,31H,3,22-24H2,1-2H3,(H,35,39)/t31-/m0/s1. The van der Waals surface area contributed by atoms with E-state index >= 15 is 0 Å². The number of rotatable bonds is 12. The maximum Gasteiger partial charge on any atom is 0.264 e. The maximum atomic E-state index is 14.4. The van der Waals surface area contributed by atoms with Crippen molar-refractivity contribution in [1.82, 2.24) is 10.2 Å². The Hall–Kier alpha value is -3.95. The molecule has 4 aromatic rings. The lowest BCUT2D eigenvalue weighted by Gasteiger charge is -2.34. The van der Waals surface area contributed by atoms with Gasteiger partial charge in [-0.3, -0.25) is 13.9 Å². The summed E-state index contributed by atoms with van der Waals surface area (Å²) in [5.41, 5.74) is 2.89. The summed E-state index contributed by atoms with van der Waals surface area (Å²) in [6, 6.07) is 31.3. The van der Waals surface area contributed by atoms with Gasteiger partial charge < -0.3 is 10.2 Å². The molecule has 0 saturated carbocycles. The van der Waals surface area contributed by atoms with E-state index in [-0.39, 0.29) is 23.8 Å². The lowest BCUT2D eigenvalue weighted by molar-refractivity contribution is -0.139. The lowest BCUT2D eigenvalue weighted by atomic mass is 10.0. The molecule has 1 atom stereocenters. The van der Waals surface area contributed by atoms with E-state index in [4.69, 9.17) is 0 Å². The van der Waals surface area contributed by atoms with Crippen LogP contribution in [0.5, 0.6) is 0 Å². The molecule has 7 nitrogen and oxygen atoms in total. The van der Waals surface area contributed by atoms with Crippen LogP contribution in [0.4, 0.5) is 5.69 Å². The summed E-state index contributed by atoms with van der Waals surface area (Å²) >= 11 is 3.49. The van der Waals surface area contributed by atoms with Gasteiger partial charge in [-0.15, -0.1) is 0 Å². The fourth-order valence-corrected chi connectivity index (χ4v) is 6.76. The molecule has 4 rings (SSSR count). The van der Waals surface area contributed by atoms with Crippen molar-refractivity contribution in [3.8, 4) is 0 Å². The number of halogens is 1. The molecule has 9 heteroatoms. The van der Waals surface area contributed by atoms with E-state index < -0.39 is 28.5 Å². The number of nitrogens with one attached hydrogen (secondary N) is 1. The molecule has 0 aliphatic rings. The van der Waals surface area contributed by atoms with Crippen molar-refractivity contribution in [3.05, 3.63) is 130 Å². The zero-order chi connectivity index (χ0) is 30.1. The Bertz CT molecular complexity index is 1610. The molecule has 218 valence electrons. The molecule has 0 aliphatic heterocycles. The summed E-state index contributed by atoms with van der Waals surface area (Å²) < 4.78 is 30.2. The normalized spacial score (nSPS) is 11.9. The van der Waals surface area contributed by atoms with Crippen LogP contribution in [0, 0.1) is 0 Å².